The number of nitrogens with zero attached hydrogens (tertiary/aromatic N) is 4. The monoisotopic (exact) mass is 974 g/mol. The van der Waals surface area contributed by atoms with Crippen LogP contribution in [0.5, 0.6) is 0 Å². The van der Waals surface area contributed by atoms with E-state index in [1.165, 1.54) is 132 Å². The van der Waals surface area contributed by atoms with E-state index in [1.807, 2.05) is 0 Å². The van der Waals surface area contributed by atoms with Gasteiger partial charge in [-0.1, -0.05) is 183 Å². The van der Waals surface area contributed by atoms with Crippen LogP contribution in [0.2, 0.25) is 0 Å². The molecule has 362 valence electrons. The quantitative estimate of drug-likeness (QED) is 0.136. The van der Waals surface area contributed by atoms with E-state index in [1.54, 1.807) is 0 Å². The predicted molar refractivity (Wildman–Crippen MR) is 324 cm³/mol. The summed E-state index contributed by atoms with van der Waals surface area (Å²) in [7, 11) is 0. The summed E-state index contributed by atoms with van der Waals surface area (Å²) in [5, 5.41) is 9.99. The fourth-order valence-corrected chi connectivity index (χ4v) is 13.1. The van der Waals surface area contributed by atoms with Crippen molar-refractivity contribution >= 4 is 110 Å². The molecule has 15 aromatic rings. The van der Waals surface area contributed by atoms with Gasteiger partial charge in [-0.05, 0) is 122 Å². The highest BCUT2D eigenvalue weighted by molar-refractivity contribution is 6.32. The molecule has 0 radical (unpaired) electrons. The third-order valence-electron chi connectivity index (χ3n) is 16.5. The Kier molecular flexibility index (Phi) is 9.93. The Hall–Kier alpha value is -9.38. The second-order valence-corrected chi connectivity index (χ2v) is 20.7. The second kappa shape index (κ2) is 17.1. The largest absolute Gasteiger partial charge is 0.309 e. The highest BCUT2D eigenvalue weighted by Gasteiger charge is 2.30. The van der Waals surface area contributed by atoms with Crippen molar-refractivity contribution in [3.8, 4) is 22.3 Å². The number of anilines is 6. The molecule has 0 amide bonds. The van der Waals surface area contributed by atoms with E-state index in [9.17, 15) is 0 Å². The van der Waals surface area contributed by atoms with Gasteiger partial charge in [0.15, 0.2) is 0 Å². The fraction of sp³-hybridized carbons (Fsp3) is 0.0833. The Morgan fingerprint density at radius 3 is 1.12 bits per heavy atom. The number of hydrogen-bond acceptors (Lipinski definition) is 2. The molecule has 0 unspecified atom stereocenters. The molecule has 15 rings (SSSR count). The molecule has 4 nitrogen and oxygen atoms in total. The van der Waals surface area contributed by atoms with Gasteiger partial charge in [0.1, 0.15) is 0 Å². The highest BCUT2D eigenvalue weighted by Crippen LogP contribution is 2.53. The summed E-state index contributed by atoms with van der Waals surface area (Å²) in [6, 6.07) is 86.4. The van der Waals surface area contributed by atoms with Crippen LogP contribution in [0.1, 0.15) is 36.1 Å². The minimum absolute atomic E-state index is 0.924. The van der Waals surface area contributed by atoms with Gasteiger partial charge in [-0.3, -0.25) is 0 Å². The van der Waals surface area contributed by atoms with Crippen LogP contribution in [-0.2, 0) is 12.8 Å². The molecule has 0 aliphatic carbocycles. The average Bonchev–Trinajstić information content (AvgIpc) is 4.37. The van der Waals surface area contributed by atoms with Crippen molar-refractivity contribution in [2.45, 2.75) is 40.5 Å². The standard InChI is InChI=1S/C72H54N4/c1-5-47-23-17-29-61(67(47)49-19-9-7-10-20-49)73(51-35-31-45(3)32-36-51)63-41-39-53-57-43-66-58(44-65(57)75-59-27-15-13-25-55(59)69(63)71(53)75)54-40-42-64(70-56-26-14-16-28-60(56)76(66)72(54)70)74(52-37-33-46(4)34-38-52)62-30-18-24-48(6-2)68(62)50-21-11-8-12-22-50/h7-44H,5-6H2,1-4H3. The SMILES string of the molecule is CCc1cccc(N(c2ccc(C)cc2)c2ccc3c4cc5c(cc4n4c6ccccc6c2c34)c2ccc(N(c3ccc(C)cc3)c3cccc(CC)c3-c3ccccc3)c3c4ccccc4n5c23)c1-c1ccccc1. The van der Waals surface area contributed by atoms with Gasteiger partial charge in [-0.15, -0.1) is 0 Å². The summed E-state index contributed by atoms with van der Waals surface area (Å²) in [5.41, 5.74) is 24.4. The van der Waals surface area contributed by atoms with E-state index in [4.69, 9.17) is 0 Å². The Bertz CT molecular complexity index is 4410. The molecule has 0 fully saturated rings. The third-order valence-corrected chi connectivity index (χ3v) is 16.5. The first kappa shape index (κ1) is 44.1. The molecule has 11 aromatic carbocycles. The van der Waals surface area contributed by atoms with E-state index in [0.717, 1.165) is 35.6 Å². The van der Waals surface area contributed by atoms with Crippen LogP contribution in [-0.4, -0.2) is 8.80 Å². The first-order valence-electron chi connectivity index (χ1n) is 26.9. The maximum atomic E-state index is 2.56. The van der Waals surface area contributed by atoms with E-state index in [2.05, 4.69) is 277 Å². The lowest BCUT2D eigenvalue weighted by atomic mass is 9.94. The molecule has 0 spiro atoms. The molecule has 0 saturated heterocycles. The molecule has 76 heavy (non-hydrogen) atoms. The van der Waals surface area contributed by atoms with Crippen molar-refractivity contribution in [1.82, 2.24) is 8.80 Å². The molecule has 4 heterocycles. The topological polar surface area (TPSA) is 15.3 Å². The van der Waals surface area contributed by atoms with Crippen LogP contribution >= 0.6 is 0 Å². The zero-order valence-electron chi connectivity index (χ0n) is 43.1. The lowest BCUT2D eigenvalue weighted by molar-refractivity contribution is 1.14. The number of aromatic nitrogens is 2. The fourth-order valence-electron chi connectivity index (χ4n) is 13.1. The van der Waals surface area contributed by atoms with E-state index < -0.39 is 0 Å². The molecular weight excluding hydrogens is 921 g/mol. The van der Waals surface area contributed by atoms with E-state index in [-0.39, 0.29) is 0 Å². The van der Waals surface area contributed by atoms with Crippen molar-refractivity contribution in [1.29, 1.82) is 0 Å². The Morgan fingerprint density at radius 2 is 0.711 bits per heavy atom. The zero-order valence-corrected chi connectivity index (χ0v) is 43.1. The van der Waals surface area contributed by atoms with Gasteiger partial charge in [0.25, 0.3) is 0 Å². The van der Waals surface area contributed by atoms with Crippen molar-refractivity contribution in [2.75, 3.05) is 9.80 Å². The van der Waals surface area contributed by atoms with Crippen LogP contribution in [0.4, 0.5) is 34.1 Å². The summed E-state index contributed by atoms with van der Waals surface area (Å²) in [6.45, 7) is 8.89. The van der Waals surface area contributed by atoms with Crippen LogP contribution in [0, 0.1) is 13.8 Å². The first-order valence-corrected chi connectivity index (χ1v) is 26.9. The smallest absolute Gasteiger partial charge is 0.0641 e. The minimum Gasteiger partial charge on any atom is -0.309 e. The Balaban J connectivity index is 1.02. The molecule has 0 saturated carbocycles. The third kappa shape index (κ3) is 6.37. The average molecular weight is 975 g/mol. The maximum absolute atomic E-state index is 2.56. The summed E-state index contributed by atoms with van der Waals surface area (Å²) >= 11 is 0. The predicted octanol–water partition coefficient (Wildman–Crippen LogP) is 20.0. The van der Waals surface area contributed by atoms with E-state index in [0.29, 0.717) is 0 Å². The number of para-hydroxylation sites is 2. The molecule has 0 aliphatic rings. The van der Waals surface area contributed by atoms with Gasteiger partial charge in [-0.2, -0.15) is 0 Å². The molecule has 0 aliphatic heterocycles. The number of aryl methyl sites for hydroxylation is 4. The summed E-state index contributed by atoms with van der Waals surface area (Å²) in [6.07, 6.45) is 1.85. The van der Waals surface area contributed by atoms with Crippen molar-refractivity contribution in [3.05, 3.63) is 253 Å². The molecule has 0 atom stereocenters. The lowest BCUT2D eigenvalue weighted by Gasteiger charge is -2.30. The second-order valence-electron chi connectivity index (χ2n) is 20.7. The van der Waals surface area contributed by atoms with Gasteiger partial charge in [0, 0.05) is 65.6 Å². The van der Waals surface area contributed by atoms with Crippen LogP contribution < -0.4 is 9.80 Å². The minimum atomic E-state index is 0.924. The van der Waals surface area contributed by atoms with Crippen molar-refractivity contribution in [2.24, 2.45) is 0 Å². The Labute approximate surface area is 442 Å². The molecular formula is C72H54N4. The molecule has 4 heteroatoms. The van der Waals surface area contributed by atoms with E-state index >= 15 is 0 Å². The number of fused-ring (bicyclic) bond motifs is 12. The van der Waals surface area contributed by atoms with Gasteiger partial charge in [0.05, 0.1) is 55.8 Å². The maximum Gasteiger partial charge on any atom is 0.0641 e. The first-order chi connectivity index (χ1) is 37.5. The summed E-state index contributed by atoms with van der Waals surface area (Å²) in [4.78, 5) is 5.05. The zero-order chi connectivity index (χ0) is 50.8. The number of rotatable bonds is 10. The van der Waals surface area contributed by atoms with Gasteiger partial charge in [-0.25, -0.2) is 0 Å². The molecule has 0 N–H and O–H groups in total. The van der Waals surface area contributed by atoms with Crippen molar-refractivity contribution < 1.29 is 0 Å². The van der Waals surface area contributed by atoms with Gasteiger partial charge >= 0.3 is 0 Å². The molecule has 4 aromatic heterocycles. The van der Waals surface area contributed by atoms with Gasteiger partial charge in [0.2, 0.25) is 0 Å². The molecule has 0 bridgehead atoms. The Morgan fingerprint density at radius 1 is 0.316 bits per heavy atom. The van der Waals surface area contributed by atoms with Gasteiger partial charge < -0.3 is 18.6 Å². The summed E-state index contributed by atoms with van der Waals surface area (Å²) in [5.74, 6) is 0. The van der Waals surface area contributed by atoms with Crippen LogP contribution in [0.25, 0.3) is 98.4 Å². The lowest BCUT2D eigenvalue weighted by Crippen LogP contribution is -2.12. The summed E-state index contributed by atoms with van der Waals surface area (Å²) < 4.78 is 5.13. The highest BCUT2D eigenvalue weighted by atomic mass is 15.2. The van der Waals surface area contributed by atoms with Crippen LogP contribution in [0.15, 0.2) is 231 Å². The van der Waals surface area contributed by atoms with Crippen molar-refractivity contribution in [3.63, 3.8) is 0 Å². The number of benzene rings is 11. The normalized spacial score (nSPS) is 12.1. The van der Waals surface area contributed by atoms with Crippen LogP contribution in [0.3, 0.4) is 0 Å². The number of hydrogen-bond donors (Lipinski definition) is 0.